The van der Waals surface area contributed by atoms with Crippen molar-refractivity contribution in [2.24, 2.45) is 10.2 Å². The van der Waals surface area contributed by atoms with E-state index in [4.69, 9.17) is 23.2 Å². The van der Waals surface area contributed by atoms with Gasteiger partial charge in [0.15, 0.2) is 0 Å². The number of carbonyl (C=O) groups is 1. The van der Waals surface area contributed by atoms with E-state index in [9.17, 15) is 4.79 Å². The summed E-state index contributed by atoms with van der Waals surface area (Å²) in [6.07, 6.45) is 0. The van der Waals surface area contributed by atoms with Gasteiger partial charge < -0.3 is 0 Å². The summed E-state index contributed by atoms with van der Waals surface area (Å²) in [6, 6.07) is 23.5. The van der Waals surface area contributed by atoms with E-state index in [1.807, 2.05) is 54.6 Å². The highest BCUT2D eigenvalue weighted by molar-refractivity contribution is 6.51. The Morgan fingerprint density at radius 2 is 1.30 bits per heavy atom. The van der Waals surface area contributed by atoms with Crippen LogP contribution in [0.4, 0.5) is 0 Å². The van der Waals surface area contributed by atoms with Crippen LogP contribution in [0.15, 0.2) is 89.1 Å². The first-order chi connectivity index (χ1) is 13.1. The SMILES string of the molecule is CC(=NN=C(C(=O)c1ccccc1)c1ccccc1)c1ccc(Cl)c(Cl)c1. The van der Waals surface area contributed by atoms with E-state index >= 15 is 0 Å². The van der Waals surface area contributed by atoms with Gasteiger partial charge in [-0.3, -0.25) is 4.79 Å². The fourth-order valence-electron chi connectivity index (χ4n) is 2.46. The maximum atomic E-state index is 13.0. The van der Waals surface area contributed by atoms with Crippen LogP contribution in [0.3, 0.4) is 0 Å². The average molecular weight is 395 g/mol. The highest BCUT2D eigenvalue weighted by Crippen LogP contribution is 2.23. The lowest BCUT2D eigenvalue weighted by Crippen LogP contribution is -2.15. The van der Waals surface area contributed by atoms with E-state index in [2.05, 4.69) is 10.2 Å². The normalized spacial score (nSPS) is 12.1. The van der Waals surface area contributed by atoms with Crippen LogP contribution in [0.25, 0.3) is 0 Å². The van der Waals surface area contributed by atoms with Crippen LogP contribution in [0.2, 0.25) is 10.0 Å². The molecular formula is C22H16Cl2N2O. The fourth-order valence-corrected chi connectivity index (χ4v) is 2.76. The van der Waals surface area contributed by atoms with Gasteiger partial charge >= 0.3 is 0 Å². The zero-order chi connectivity index (χ0) is 19.2. The van der Waals surface area contributed by atoms with E-state index in [1.165, 1.54) is 0 Å². The number of carbonyl (C=O) groups excluding carboxylic acids is 1. The predicted octanol–water partition coefficient (Wildman–Crippen LogP) is 6.09. The molecule has 0 spiro atoms. The smallest absolute Gasteiger partial charge is 0.213 e. The van der Waals surface area contributed by atoms with Crippen LogP contribution in [-0.4, -0.2) is 17.2 Å². The van der Waals surface area contributed by atoms with Gasteiger partial charge in [0.1, 0.15) is 5.71 Å². The van der Waals surface area contributed by atoms with Gasteiger partial charge in [0.2, 0.25) is 5.78 Å². The maximum Gasteiger partial charge on any atom is 0.213 e. The number of rotatable bonds is 5. The lowest BCUT2D eigenvalue weighted by molar-refractivity contribution is 0.106. The van der Waals surface area contributed by atoms with Crippen molar-refractivity contribution in [3.05, 3.63) is 106 Å². The molecule has 3 nitrogen and oxygen atoms in total. The van der Waals surface area contributed by atoms with E-state index in [-0.39, 0.29) is 11.5 Å². The van der Waals surface area contributed by atoms with E-state index in [0.717, 1.165) is 5.56 Å². The van der Waals surface area contributed by atoms with Crippen LogP contribution < -0.4 is 0 Å². The molecule has 0 aliphatic heterocycles. The molecule has 3 rings (SSSR count). The van der Waals surface area contributed by atoms with Crippen molar-refractivity contribution >= 4 is 40.4 Å². The summed E-state index contributed by atoms with van der Waals surface area (Å²) in [5.74, 6) is -0.188. The molecule has 3 aromatic carbocycles. The standard InChI is InChI=1S/C22H16Cl2N2O/c1-15(18-12-13-19(23)20(24)14-18)25-26-21(16-8-4-2-5-9-16)22(27)17-10-6-3-7-11-17/h2-14H,1H3. The van der Waals surface area contributed by atoms with Crippen molar-refractivity contribution in [1.29, 1.82) is 0 Å². The minimum absolute atomic E-state index is 0.188. The zero-order valence-electron chi connectivity index (χ0n) is 14.6. The summed E-state index contributed by atoms with van der Waals surface area (Å²) in [6.45, 7) is 1.80. The van der Waals surface area contributed by atoms with E-state index in [0.29, 0.717) is 26.9 Å². The lowest BCUT2D eigenvalue weighted by Gasteiger charge is -2.06. The summed E-state index contributed by atoms with van der Waals surface area (Å²) < 4.78 is 0. The number of nitrogens with zero attached hydrogens (tertiary/aromatic N) is 2. The van der Waals surface area contributed by atoms with Gasteiger partial charge in [-0.1, -0.05) is 89.9 Å². The lowest BCUT2D eigenvalue weighted by atomic mass is 10.0. The quantitative estimate of drug-likeness (QED) is 0.293. The number of hydrogen-bond acceptors (Lipinski definition) is 3. The van der Waals surface area contributed by atoms with Crippen molar-refractivity contribution in [2.75, 3.05) is 0 Å². The van der Waals surface area contributed by atoms with Crippen molar-refractivity contribution < 1.29 is 4.79 Å². The van der Waals surface area contributed by atoms with E-state index < -0.39 is 0 Å². The first kappa shape index (κ1) is 19.0. The highest BCUT2D eigenvalue weighted by atomic mass is 35.5. The monoisotopic (exact) mass is 394 g/mol. The minimum Gasteiger partial charge on any atom is -0.287 e. The van der Waals surface area contributed by atoms with Gasteiger partial charge in [0, 0.05) is 11.1 Å². The van der Waals surface area contributed by atoms with Crippen LogP contribution in [-0.2, 0) is 0 Å². The molecule has 0 unspecified atom stereocenters. The number of ketones is 1. The third kappa shape index (κ3) is 4.70. The van der Waals surface area contributed by atoms with Crippen LogP contribution in [0, 0.1) is 0 Å². The minimum atomic E-state index is -0.188. The fraction of sp³-hybridized carbons (Fsp3) is 0.0455. The molecule has 0 amide bonds. The molecule has 5 heteroatoms. The Labute approximate surface area is 168 Å². The second-order valence-corrected chi connectivity index (χ2v) is 6.64. The topological polar surface area (TPSA) is 41.8 Å². The van der Waals surface area contributed by atoms with Crippen LogP contribution >= 0.6 is 23.2 Å². The molecule has 0 aliphatic carbocycles. The molecule has 0 saturated heterocycles. The summed E-state index contributed by atoms with van der Waals surface area (Å²) >= 11 is 12.0. The number of benzene rings is 3. The summed E-state index contributed by atoms with van der Waals surface area (Å²) in [5.41, 5.74) is 2.95. The van der Waals surface area contributed by atoms with Crippen molar-refractivity contribution in [3.63, 3.8) is 0 Å². The number of halogens is 2. The Morgan fingerprint density at radius 3 is 1.89 bits per heavy atom. The first-order valence-electron chi connectivity index (χ1n) is 8.29. The molecule has 0 fully saturated rings. The summed E-state index contributed by atoms with van der Waals surface area (Å²) in [5, 5.41) is 9.46. The van der Waals surface area contributed by atoms with Gasteiger partial charge in [-0.2, -0.15) is 5.10 Å². The molecule has 27 heavy (non-hydrogen) atoms. The van der Waals surface area contributed by atoms with Crippen molar-refractivity contribution in [3.8, 4) is 0 Å². The van der Waals surface area contributed by atoms with Gasteiger partial charge in [0.25, 0.3) is 0 Å². The van der Waals surface area contributed by atoms with Gasteiger partial charge in [-0.15, -0.1) is 5.10 Å². The molecule has 3 aromatic rings. The van der Waals surface area contributed by atoms with Gasteiger partial charge in [0.05, 0.1) is 15.8 Å². The third-order valence-corrected chi connectivity index (χ3v) is 4.67. The second-order valence-electron chi connectivity index (χ2n) is 5.82. The molecule has 0 radical (unpaired) electrons. The Morgan fingerprint density at radius 1 is 0.704 bits per heavy atom. The van der Waals surface area contributed by atoms with Crippen LogP contribution in [0.5, 0.6) is 0 Å². The molecule has 134 valence electrons. The Hall–Kier alpha value is -2.75. The maximum absolute atomic E-state index is 13.0. The first-order valence-corrected chi connectivity index (χ1v) is 9.04. The van der Waals surface area contributed by atoms with E-state index in [1.54, 1.807) is 31.2 Å². The van der Waals surface area contributed by atoms with Crippen LogP contribution in [0.1, 0.15) is 28.4 Å². The molecule has 0 atom stereocenters. The zero-order valence-corrected chi connectivity index (χ0v) is 16.1. The molecule has 0 aliphatic rings. The van der Waals surface area contributed by atoms with Crippen molar-refractivity contribution in [1.82, 2.24) is 0 Å². The number of hydrogen-bond donors (Lipinski definition) is 0. The summed E-state index contributed by atoms with van der Waals surface area (Å²) in [4.78, 5) is 13.0. The Balaban J connectivity index is 2.02. The molecule has 0 bridgehead atoms. The average Bonchev–Trinajstić information content (AvgIpc) is 2.71. The van der Waals surface area contributed by atoms with Gasteiger partial charge in [-0.25, -0.2) is 0 Å². The predicted molar refractivity (Wildman–Crippen MR) is 112 cm³/mol. The molecular weight excluding hydrogens is 379 g/mol. The molecule has 0 N–H and O–H groups in total. The molecule has 0 aromatic heterocycles. The second kappa shape index (κ2) is 8.76. The molecule has 0 heterocycles. The highest BCUT2D eigenvalue weighted by Gasteiger charge is 2.16. The third-order valence-electron chi connectivity index (χ3n) is 3.94. The van der Waals surface area contributed by atoms with Crippen molar-refractivity contribution in [2.45, 2.75) is 6.92 Å². The Kier molecular flexibility index (Phi) is 6.17. The summed E-state index contributed by atoms with van der Waals surface area (Å²) in [7, 11) is 0. The largest absolute Gasteiger partial charge is 0.287 e. The van der Waals surface area contributed by atoms with Gasteiger partial charge in [-0.05, 0) is 24.6 Å². The number of Topliss-reactive ketones (excluding diaryl/α,β-unsaturated/α-hetero) is 1. The molecule has 0 saturated carbocycles. The Bertz CT molecular complexity index is 1010.